The molecule has 20 heavy (non-hydrogen) atoms. The maximum Gasteiger partial charge on any atom is 0.264 e. The summed E-state index contributed by atoms with van der Waals surface area (Å²) in [5.74, 6) is 1.20. The van der Waals surface area contributed by atoms with Crippen LogP contribution in [0.5, 0.6) is 0 Å². The minimum atomic E-state index is -3.45. The zero-order chi connectivity index (χ0) is 14.2. The molecule has 106 valence electrons. The number of thioether (sulfide) groups is 1. The van der Waals surface area contributed by atoms with Crippen molar-refractivity contribution in [1.29, 1.82) is 0 Å². The van der Waals surface area contributed by atoms with E-state index < -0.39 is 16.2 Å². The Kier molecular flexibility index (Phi) is 3.53. The van der Waals surface area contributed by atoms with Gasteiger partial charge in [-0.3, -0.25) is 4.18 Å². The van der Waals surface area contributed by atoms with Gasteiger partial charge in [-0.05, 0) is 0 Å². The molecule has 2 aromatic rings. The van der Waals surface area contributed by atoms with E-state index >= 15 is 0 Å². The Labute approximate surface area is 121 Å². The Morgan fingerprint density at radius 3 is 2.80 bits per heavy atom. The fraction of sp³-hybridized carbons (Fsp3) is 0.333. The van der Waals surface area contributed by atoms with E-state index in [1.54, 1.807) is 4.68 Å². The van der Waals surface area contributed by atoms with E-state index in [4.69, 9.17) is 4.18 Å². The van der Waals surface area contributed by atoms with Gasteiger partial charge >= 0.3 is 0 Å². The molecule has 0 amide bonds. The summed E-state index contributed by atoms with van der Waals surface area (Å²) in [4.78, 5) is 4.46. The molecule has 0 radical (unpaired) electrons. The van der Waals surface area contributed by atoms with Crippen molar-refractivity contribution in [2.24, 2.45) is 0 Å². The molecule has 3 rings (SSSR count). The molecule has 0 spiro atoms. The fourth-order valence-electron chi connectivity index (χ4n) is 1.98. The molecule has 0 bridgehead atoms. The van der Waals surface area contributed by atoms with Gasteiger partial charge in [0.1, 0.15) is 6.10 Å². The average Bonchev–Trinajstić information content (AvgIpc) is 2.81. The van der Waals surface area contributed by atoms with E-state index in [9.17, 15) is 8.42 Å². The molecular weight excluding hydrogens is 298 g/mol. The second-order valence-corrected chi connectivity index (χ2v) is 7.09. The summed E-state index contributed by atoms with van der Waals surface area (Å²) in [7, 11) is -3.45. The zero-order valence-electron chi connectivity index (χ0n) is 10.8. The monoisotopic (exact) mass is 311 g/mol. The van der Waals surface area contributed by atoms with Crippen LogP contribution in [0.2, 0.25) is 0 Å². The predicted molar refractivity (Wildman–Crippen MR) is 75.9 cm³/mol. The number of aromatic nitrogens is 3. The first-order valence-electron chi connectivity index (χ1n) is 6.02. The molecule has 6 nitrogen and oxygen atoms in total. The Balaban J connectivity index is 1.83. The van der Waals surface area contributed by atoms with Crippen LogP contribution in [0.3, 0.4) is 0 Å². The summed E-state index contributed by atoms with van der Waals surface area (Å²) in [6.45, 7) is 0.398. The zero-order valence-corrected chi connectivity index (χ0v) is 12.4. The number of benzene rings is 1. The molecule has 2 heterocycles. The molecule has 8 heteroatoms. The molecule has 0 N–H and O–H groups in total. The van der Waals surface area contributed by atoms with E-state index in [1.165, 1.54) is 11.8 Å². The molecule has 0 aliphatic carbocycles. The standard InChI is InChI=1S/C12H13N3O3S2/c1-20(16,17)18-10-7-15-12(19-8-10)13-11(14-15)9-5-3-2-4-6-9/h2-6,10H,7-8H2,1H3. The maximum atomic E-state index is 11.2. The van der Waals surface area contributed by atoms with Gasteiger partial charge in [-0.15, -0.1) is 5.10 Å². The lowest BCUT2D eigenvalue weighted by Crippen LogP contribution is -2.29. The van der Waals surface area contributed by atoms with Crippen molar-refractivity contribution in [3.05, 3.63) is 30.3 Å². The molecule has 0 saturated heterocycles. The average molecular weight is 311 g/mol. The Morgan fingerprint density at radius 1 is 1.35 bits per heavy atom. The van der Waals surface area contributed by atoms with Gasteiger partial charge in [-0.2, -0.15) is 8.42 Å². The Bertz CT molecular complexity index is 713. The summed E-state index contributed by atoms with van der Waals surface area (Å²) in [6, 6.07) is 9.67. The van der Waals surface area contributed by atoms with E-state index in [1.807, 2.05) is 30.3 Å². The largest absolute Gasteiger partial charge is 0.264 e. The predicted octanol–water partition coefficient (Wildman–Crippen LogP) is 1.40. The highest BCUT2D eigenvalue weighted by Crippen LogP contribution is 2.27. The molecular formula is C12H13N3O3S2. The van der Waals surface area contributed by atoms with Crippen molar-refractivity contribution in [3.8, 4) is 11.4 Å². The molecule has 1 atom stereocenters. The van der Waals surface area contributed by atoms with Gasteiger partial charge in [0.05, 0.1) is 12.8 Å². The highest BCUT2D eigenvalue weighted by molar-refractivity contribution is 7.99. The van der Waals surface area contributed by atoms with Crippen LogP contribution in [0.25, 0.3) is 11.4 Å². The van der Waals surface area contributed by atoms with E-state index in [-0.39, 0.29) is 0 Å². The molecule has 1 aromatic carbocycles. The van der Waals surface area contributed by atoms with Crippen LogP contribution in [0.15, 0.2) is 35.5 Å². The van der Waals surface area contributed by atoms with Crippen LogP contribution in [-0.2, 0) is 20.8 Å². The number of nitrogens with zero attached hydrogens (tertiary/aromatic N) is 3. The van der Waals surface area contributed by atoms with Gasteiger partial charge in [0.25, 0.3) is 10.1 Å². The van der Waals surface area contributed by atoms with Gasteiger partial charge in [0.2, 0.25) is 0 Å². The number of rotatable bonds is 3. The van der Waals surface area contributed by atoms with Crippen molar-refractivity contribution >= 4 is 21.9 Å². The summed E-state index contributed by atoms with van der Waals surface area (Å²) in [5, 5.41) is 5.20. The lowest BCUT2D eigenvalue weighted by molar-refractivity contribution is 0.198. The van der Waals surface area contributed by atoms with Crippen LogP contribution in [0, 0.1) is 0 Å². The number of fused-ring (bicyclic) bond motifs is 1. The van der Waals surface area contributed by atoms with Crippen molar-refractivity contribution < 1.29 is 12.6 Å². The van der Waals surface area contributed by atoms with E-state index in [0.29, 0.717) is 18.1 Å². The van der Waals surface area contributed by atoms with Crippen molar-refractivity contribution in [3.63, 3.8) is 0 Å². The summed E-state index contributed by atoms with van der Waals surface area (Å²) in [6.07, 6.45) is 0.664. The van der Waals surface area contributed by atoms with Crippen LogP contribution in [-0.4, -0.2) is 41.3 Å². The summed E-state index contributed by atoms with van der Waals surface area (Å²) in [5.41, 5.74) is 0.940. The molecule has 1 unspecified atom stereocenters. The minimum Gasteiger partial charge on any atom is -0.264 e. The number of hydrogen-bond acceptors (Lipinski definition) is 6. The lowest BCUT2D eigenvalue weighted by Gasteiger charge is -2.20. The number of hydrogen-bond donors (Lipinski definition) is 0. The maximum absolute atomic E-state index is 11.2. The highest BCUT2D eigenvalue weighted by Gasteiger charge is 2.25. The van der Waals surface area contributed by atoms with Gasteiger partial charge in [-0.1, -0.05) is 42.1 Å². The van der Waals surface area contributed by atoms with E-state index in [2.05, 4.69) is 10.1 Å². The third kappa shape index (κ3) is 3.02. The normalized spacial score (nSPS) is 18.8. The quantitative estimate of drug-likeness (QED) is 0.798. The molecule has 1 aliphatic rings. The van der Waals surface area contributed by atoms with Crippen LogP contribution >= 0.6 is 11.8 Å². The van der Waals surface area contributed by atoms with Gasteiger partial charge in [0.15, 0.2) is 11.0 Å². The second-order valence-electron chi connectivity index (χ2n) is 4.50. The third-order valence-corrected chi connectivity index (χ3v) is 4.48. The topological polar surface area (TPSA) is 74.1 Å². The molecule has 0 fully saturated rings. The third-order valence-electron chi connectivity index (χ3n) is 2.76. The molecule has 1 aliphatic heterocycles. The van der Waals surface area contributed by atoms with Crippen LogP contribution in [0.1, 0.15) is 0 Å². The summed E-state index contributed by atoms with van der Waals surface area (Å²) < 4.78 is 29.0. The first kappa shape index (κ1) is 13.6. The second kappa shape index (κ2) is 5.19. The lowest BCUT2D eigenvalue weighted by atomic mass is 10.2. The van der Waals surface area contributed by atoms with Crippen molar-refractivity contribution in [2.45, 2.75) is 17.8 Å². The van der Waals surface area contributed by atoms with Gasteiger partial charge in [0, 0.05) is 11.3 Å². The minimum absolute atomic E-state index is 0.396. The molecule has 1 aromatic heterocycles. The van der Waals surface area contributed by atoms with E-state index in [0.717, 1.165) is 17.0 Å². The Hall–Kier alpha value is -1.38. The van der Waals surface area contributed by atoms with Crippen LogP contribution < -0.4 is 0 Å². The SMILES string of the molecule is CS(=O)(=O)OC1CSc2nc(-c3ccccc3)nn2C1. The smallest absolute Gasteiger partial charge is 0.264 e. The Morgan fingerprint density at radius 2 is 2.10 bits per heavy atom. The highest BCUT2D eigenvalue weighted by atomic mass is 32.2. The van der Waals surface area contributed by atoms with Gasteiger partial charge in [-0.25, -0.2) is 9.67 Å². The van der Waals surface area contributed by atoms with Crippen molar-refractivity contribution in [2.75, 3.05) is 12.0 Å². The first-order chi connectivity index (χ1) is 9.51. The van der Waals surface area contributed by atoms with Crippen LogP contribution in [0.4, 0.5) is 0 Å². The molecule has 0 saturated carbocycles. The fourth-order valence-corrected chi connectivity index (χ4v) is 3.61. The van der Waals surface area contributed by atoms with Gasteiger partial charge < -0.3 is 0 Å². The van der Waals surface area contributed by atoms with Crippen molar-refractivity contribution in [1.82, 2.24) is 14.8 Å². The first-order valence-corrected chi connectivity index (χ1v) is 8.83. The summed E-state index contributed by atoms with van der Waals surface area (Å²) >= 11 is 1.45.